The van der Waals surface area contributed by atoms with Gasteiger partial charge in [-0.3, -0.25) is 4.68 Å². The molecule has 1 atom stereocenters. The van der Waals surface area contributed by atoms with Crippen molar-refractivity contribution < 1.29 is 18.3 Å². The maximum absolute atomic E-state index is 12.5. The zero-order valence-corrected chi connectivity index (χ0v) is 12.7. The fraction of sp³-hybridized carbons (Fsp3) is 0.286. The summed E-state index contributed by atoms with van der Waals surface area (Å²) < 4.78 is 28.7. The number of carbonyl (C=O) groups is 1. The molecule has 1 aromatic heterocycles. The van der Waals surface area contributed by atoms with Crippen LogP contribution in [0.4, 0.5) is 0 Å². The van der Waals surface area contributed by atoms with Gasteiger partial charge in [0.05, 0.1) is 6.20 Å². The van der Waals surface area contributed by atoms with Crippen LogP contribution in [-0.2, 0) is 33.8 Å². The molecule has 0 amide bonds. The van der Waals surface area contributed by atoms with Gasteiger partial charge in [0.15, 0.2) is 5.54 Å². The minimum absolute atomic E-state index is 0.0555. The molecule has 0 saturated carbocycles. The highest BCUT2D eigenvalue weighted by molar-refractivity contribution is 7.89. The number of fused-ring (bicyclic) bond motifs is 1. The van der Waals surface area contributed by atoms with Crippen LogP contribution >= 0.6 is 0 Å². The molecule has 1 heterocycles. The van der Waals surface area contributed by atoms with Gasteiger partial charge in [-0.05, 0) is 24.0 Å². The van der Waals surface area contributed by atoms with E-state index in [1.165, 1.54) is 17.1 Å². The SMILES string of the molecule is Cn1cc(S(=O)(=O)NC2(C(=O)O)CCc3ccccc32)cn1. The van der Waals surface area contributed by atoms with Crippen LogP contribution in [0.3, 0.4) is 0 Å². The first kappa shape index (κ1) is 14.7. The van der Waals surface area contributed by atoms with Crippen molar-refractivity contribution in [1.82, 2.24) is 14.5 Å². The Labute approximate surface area is 127 Å². The van der Waals surface area contributed by atoms with E-state index in [1.807, 2.05) is 12.1 Å². The van der Waals surface area contributed by atoms with Gasteiger partial charge in [-0.25, -0.2) is 13.2 Å². The molecule has 1 aliphatic rings. The van der Waals surface area contributed by atoms with Gasteiger partial charge in [0.2, 0.25) is 10.0 Å². The van der Waals surface area contributed by atoms with Crippen LogP contribution in [0.2, 0.25) is 0 Å². The van der Waals surface area contributed by atoms with E-state index in [-0.39, 0.29) is 11.3 Å². The zero-order chi connectivity index (χ0) is 16.0. The number of hydrogen-bond acceptors (Lipinski definition) is 4. The molecule has 22 heavy (non-hydrogen) atoms. The Bertz CT molecular complexity index is 843. The minimum atomic E-state index is -3.98. The highest BCUT2D eigenvalue weighted by atomic mass is 32.2. The van der Waals surface area contributed by atoms with E-state index in [4.69, 9.17) is 0 Å². The lowest BCUT2D eigenvalue weighted by Crippen LogP contribution is -2.50. The quantitative estimate of drug-likeness (QED) is 0.860. The van der Waals surface area contributed by atoms with Crippen molar-refractivity contribution in [3.8, 4) is 0 Å². The Morgan fingerprint density at radius 2 is 2.14 bits per heavy atom. The summed E-state index contributed by atoms with van der Waals surface area (Å²) in [7, 11) is -2.39. The van der Waals surface area contributed by atoms with Crippen LogP contribution in [0.5, 0.6) is 0 Å². The number of aromatic nitrogens is 2. The van der Waals surface area contributed by atoms with E-state index >= 15 is 0 Å². The number of sulfonamides is 1. The molecule has 1 aromatic carbocycles. The standard InChI is InChI=1S/C14H15N3O4S/c1-17-9-11(8-15-17)22(20,21)16-14(13(18)19)7-6-10-4-2-3-5-12(10)14/h2-5,8-9,16H,6-7H2,1H3,(H,18,19). The van der Waals surface area contributed by atoms with Crippen molar-refractivity contribution in [2.24, 2.45) is 7.05 Å². The Morgan fingerprint density at radius 1 is 1.41 bits per heavy atom. The maximum atomic E-state index is 12.5. The van der Waals surface area contributed by atoms with Crippen LogP contribution < -0.4 is 4.72 Å². The molecule has 0 radical (unpaired) electrons. The average Bonchev–Trinajstić information content (AvgIpc) is 3.05. The third-order valence-corrected chi connectivity index (χ3v) is 5.36. The van der Waals surface area contributed by atoms with Crippen molar-refractivity contribution in [3.05, 3.63) is 47.8 Å². The van der Waals surface area contributed by atoms with Gasteiger partial charge in [-0.15, -0.1) is 0 Å². The average molecular weight is 321 g/mol. The van der Waals surface area contributed by atoms with E-state index in [0.29, 0.717) is 12.0 Å². The lowest BCUT2D eigenvalue weighted by molar-refractivity contribution is -0.144. The minimum Gasteiger partial charge on any atom is -0.480 e. The Kier molecular flexibility index (Phi) is 3.30. The molecule has 0 aliphatic heterocycles. The highest BCUT2D eigenvalue weighted by Gasteiger charge is 2.48. The molecular weight excluding hydrogens is 306 g/mol. The second-order valence-corrected chi connectivity index (χ2v) is 7.01. The third kappa shape index (κ3) is 2.20. The van der Waals surface area contributed by atoms with E-state index in [9.17, 15) is 18.3 Å². The summed E-state index contributed by atoms with van der Waals surface area (Å²) in [6.07, 6.45) is 3.22. The molecule has 1 unspecified atom stereocenters. The molecule has 3 rings (SSSR count). The van der Waals surface area contributed by atoms with E-state index in [2.05, 4.69) is 9.82 Å². The second-order valence-electron chi connectivity index (χ2n) is 5.32. The number of nitrogens with zero attached hydrogens (tertiary/aromatic N) is 2. The fourth-order valence-corrected chi connectivity index (χ4v) is 4.16. The van der Waals surface area contributed by atoms with Gasteiger partial charge >= 0.3 is 5.97 Å². The van der Waals surface area contributed by atoms with Crippen molar-refractivity contribution in [2.45, 2.75) is 23.3 Å². The summed E-state index contributed by atoms with van der Waals surface area (Å²) in [6, 6.07) is 6.99. The van der Waals surface area contributed by atoms with Crippen molar-refractivity contribution >= 4 is 16.0 Å². The van der Waals surface area contributed by atoms with Gasteiger partial charge in [0.25, 0.3) is 0 Å². The maximum Gasteiger partial charge on any atom is 0.329 e. The van der Waals surface area contributed by atoms with Gasteiger partial charge in [-0.2, -0.15) is 9.82 Å². The zero-order valence-electron chi connectivity index (χ0n) is 11.9. The van der Waals surface area contributed by atoms with Crippen LogP contribution in [0, 0.1) is 0 Å². The summed E-state index contributed by atoms with van der Waals surface area (Å²) in [5.41, 5.74) is -0.292. The first-order chi connectivity index (χ1) is 10.3. The molecule has 0 fully saturated rings. The van der Waals surface area contributed by atoms with Gasteiger partial charge in [0.1, 0.15) is 4.90 Å². The Morgan fingerprint density at radius 3 is 2.77 bits per heavy atom. The van der Waals surface area contributed by atoms with Crippen LogP contribution in [-0.4, -0.2) is 29.3 Å². The molecule has 2 aromatic rings. The number of carboxylic acid groups (broad SMARTS) is 1. The van der Waals surface area contributed by atoms with E-state index in [1.54, 1.807) is 19.2 Å². The molecule has 2 N–H and O–H groups in total. The number of aryl methyl sites for hydroxylation is 2. The molecule has 8 heteroatoms. The molecule has 1 aliphatic carbocycles. The van der Waals surface area contributed by atoms with Crippen molar-refractivity contribution in [1.29, 1.82) is 0 Å². The summed E-state index contributed by atoms with van der Waals surface area (Å²) in [4.78, 5) is 11.8. The Balaban J connectivity index is 2.07. The normalized spacial score (nSPS) is 20.8. The third-order valence-electron chi connectivity index (χ3n) is 3.91. The van der Waals surface area contributed by atoms with E-state index < -0.39 is 21.5 Å². The smallest absolute Gasteiger partial charge is 0.329 e. The summed E-state index contributed by atoms with van der Waals surface area (Å²) >= 11 is 0. The first-order valence-corrected chi connectivity index (χ1v) is 8.18. The number of rotatable bonds is 4. The molecule has 0 bridgehead atoms. The number of hydrogen-bond donors (Lipinski definition) is 2. The number of carboxylic acids is 1. The van der Waals surface area contributed by atoms with Crippen LogP contribution in [0.25, 0.3) is 0 Å². The van der Waals surface area contributed by atoms with Crippen LogP contribution in [0.1, 0.15) is 17.5 Å². The second kappa shape index (κ2) is 4.92. The van der Waals surface area contributed by atoms with Gasteiger partial charge in [-0.1, -0.05) is 24.3 Å². The summed E-state index contributed by atoms with van der Waals surface area (Å²) in [5, 5.41) is 13.5. The predicted octanol–water partition coefficient (Wildman–Crippen LogP) is 0.625. The molecule has 7 nitrogen and oxygen atoms in total. The summed E-state index contributed by atoms with van der Waals surface area (Å²) in [6.45, 7) is 0. The molecule has 0 spiro atoms. The topological polar surface area (TPSA) is 101 Å². The van der Waals surface area contributed by atoms with E-state index in [0.717, 1.165) is 5.56 Å². The van der Waals surface area contributed by atoms with Crippen molar-refractivity contribution in [3.63, 3.8) is 0 Å². The molecule has 116 valence electrons. The molecular formula is C14H15N3O4S. The summed E-state index contributed by atoms with van der Waals surface area (Å²) in [5.74, 6) is -1.20. The lowest BCUT2D eigenvalue weighted by Gasteiger charge is -2.26. The van der Waals surface area contributed by atoms with Gasteiger partial charge < -0.3 is 5.11 Å². The van der Waals surface area contributed by atoms with Crippen molar-refractivity contribution in [2.75, 3.05) is 0 Å². The number of aliphatic carboxylic acids is 1. The number of nitrogens with one attached hydrogen (secondary N) is 1. The van der Waals surface area contributed by atoms with Gasteiger partial charge in [0, 0.05) is 13.2 Å². The first-order valence-electron chi connectivity index (χ1n) is 6.69. The van der Waals surface area contributed by atoms with Crippen LogP contribution in [0.15, 0.2) is 41.6 Å². The highest BCUT2D eigenvalue weighted by Crippen LogP contribution is 2.38. The fourth-order valence-electron chi connectivity index (χ4n) is 2.81. The predicted molar refractivity (Wildman–Crippen MR) is 77.6 cm³/mol. The largest absolute Gasteiger partial charge is 0.480 e. The molecule has 0 saturated heterocycles. The monoisotopic (exact) mass is 321 g/mol. The Hall–Kier alpha value is -2.19. The number of benzene rings is 1. The lowest BCUT2D eigenvalue weighted by atomic mass is 9.93.